The van der Waals surface area contributed by atoms with Gasteiger partial charge in [-0.05, 0) is 70.4 Å². The number of hydrogen-bond acceptors (Lipinski definition) is 1. The Labute approximate surface area is 142 Å². The van der Waals surface area contributed by atoms with Crippen molar-refractivity contribution in [2.45, 2.75) is 85.2 Å². The molecule has 1 aliphatic heterocycles. The molecular weight excluding hydrogens is 280 g/mol. The minimum Gasteiger partial charge on any atom is -0.488 e. The summed E-state index contributed by atoms with van der Waals surface area (Å²) in [6.45, 7) is 11.6. The van der Waals surface area contributed by atoms with Crippen molar-refractivity contribution < 1.29 is 4.74 Å². The Morgan fingerprint density at radius 3 is 2.78 bits per heavy atom. The van der Waals surface area contributed by atoms with E-state index in [1.165, 1.54) is 50.7 Å². The molecule has 2 aliphatic carbocycles. The topological polar surface area (TPSA) is 9.23 Å². The van der Waals surface area contributed by atoms with Gasteiger partial charge in [0, 0.05) is 11.8 Å². The quantitative estimate of drug-likeness (QED) is 0.421. The van der Waals surface area contributed by atoms with Crippen LogP contribution in [0.4, 0.5) is 0 Å². The molecule has 3 atom stereocenters. The van der Waals surface area contributed by atoms with Gasteiger partial charge in [-0.15, -0.1) is 0 Å². The van der Waals surface area contributed by atoms with E-state index >= 15 is 0 Å². The molecule has 0 bridgehead atoms. The van der Waals surface area contributed by atoms with Gasteiger partial charge >= 0.3 is 0 Å². The standard InChI is InChI=1S/C22H34O/c1-6-7-8-9-17-13-16(3)21-18-12-15(2)10-11-19(18)22(4,5)23-20(21)14-17/h12,14,16,18-19H,6-11,13H2,1-5H3. The zero-order chi connectivity index (χ0) is 16.6. The van der Waals surface area contributed by atoms with Gasteiger partial charge in [-0.25, -0.2) is 0 Å². The molecule has 0 saturated heterocycles. The highest BCUT2D eigenvalue weighted by Crippen LogP contribution is 2.51. The molecule has 0 aromatic heterocycles. The molecule has 0 aromatic carbocycles. The molecule has 3 aliphatic rings. The Morgan fingerprint density at radius 2 is 2.04 bits per heavy atom. The summed E-state index contributed by atoms with van der Waals surface area (Å²) in [5, 5.41) is 0. The van der Waals surface area contributed by atoms with Crippen LogP contribution in [0.2, 0.25) is 0 Å². The zero-order valence-corrected chi connectivity index (χ0v) is 15.7. The molecule has 128 valence electrons. The van der Waals surface area contributed by atoms with E-state index in [1.54, 1.807) is 16.7 Å². The van der Waals surface area contributed by atoms with Gasteiger partial charge in [0.1, 0.15) is 11.4 Å². The number of fused-ring (bicyclic) bond motifs is 2. The number of allylic oxidation sites excluding steroid dienone is 5. The lowest BCUT2D eigenvalue weighted by Gasteiger charge is -2.49. The van der Waals surface area contributed by atoms with Crippen LogP contribution >= 0.6 is 0 Å². The Balaban J connectivity index is 1.92. The number of rotatable bonds is 4. The third-order valence-electron chi connectivity index (χ3n) is 6.19. The lowest BCUT2D eigenvalue weighted by molar-refractivity contribution is -0.0512. The SMILES string of the molecule is CCCCCC1=CC2=C(C(C)C1)C1C=C(C)CCC1C(C)(C)O2. The summed E-state index contributed by atoms with van der Waals surface area (Å²) in [5.74, 6) is 3.10. The second-order valence-corrected chi connectivity index (χ2v) is 8.57. The highest BCUT2D eigenvalue weighted by Gasteiger charge is 2.46. The molecule has 1 nitrogen and oxygen atoms in total. The summed E-state index contributed by atoms with van der Waals surface area (Å²) < 4.78 is 6.56. The predicted octanol–water partition coefficient (Wildman–Crippen LogP) is 6.57. The fourth-order valence-corrected chi connectivity index (χ4v) is 4.95. The van der Waals surface area contributed by atoms with Gasteiger partial charge in [0.15, 0.2) is 0 Å². The van der Waals surface area contributed by atoms with E-state index in [1.807, 2.05) is 0 Å². The smallest absolute Gasteiger partial charge is 0.120 e. The Morgan fingerprint density at radius 1 is 1.26 bits per heavy atom. The highest BCUT2D eigenvalue weighted by atomic mass is 16.5. The molecule has 3 unspecified atom stereocenters. The second kappa shape index (κ2) is 6.49. The molecule has 0 radical (unpaired) electrons. The van der Waals surface area contributed by atoms with Gasteiger partial charge in [0.25, 0.3) is 0 Å². The molecule has 23 heavy (non-hydrogen) atoms. The maximum atomic E-state index is 6.56. The molecule has 0 fully saturated rings. The first-order valence-electron chi connectivity index (χ1n) is 9.72. The van der Waals surface area contributed by atoms with Crippen molar-refractivity contribution in [3.05, 3.63) is 34.6 Å². The van der Waals surface area contributed by atoms with Crippen molar-refractivity contribution in [2.75, 3.05) is 0 Å². The fraction of sp³-hybridized carbons (Fsp3) is 0.727. The predicted molar refractivity (Wildman–Crippen MR) is 98.2 cm³/mol. The van der Waals surface area contributed by atoms with Crippen molar-refractivity contribution in [3.63, 3.8) is 0 Å². The van der Waals surface area contributed by atoms with Crippen molar-refractivity contribution in [1.29, 1.82) is 0 Å². The minimum absolute atomic E-state index is 0.0389. The normalized spacial score (nSPS) is 32.5. The van der Waals surface area contributed by atoms with Gasteiger partial charge in [0.2, 0.25) is 0 Å². The van der Waals surface area contributed by atoms with Crippen LogP contribution in [0.15, 0.2) is 34.6 Å². The van der Waals surface area contributed by atoms with Crippen LogP contribution in [0.25, 0.3) is 0 Å². The van der Waals surface area contributed by atoms with E-state index in [2.05, 4.69) is 46.8 Å². The largest absolute Gasteiger partial charge is 0.488 e. The first kappa shape index (κ1) is 16.9. The molecular formula is C22H34O. The van der Waals surface area contributed by atoms with Crippen molar-refractivity contribution in [1.82, 2.24) is 0 Å². The van der Waals surface area contributed by atoms with Gasteiger partial charge in [-0.2, -0.15) is 0 Å². The molecule has 0 spiro atoms. The lowest BCUT2D eigenvalue weighted by atomic mass is 9.64. The average molecular weight is 315 g/mol. The molecule has 0 saturated carbocycles. The van der Waals surface area contributed by atoms with Crippen LogP contribution in [0.1, 0.15) is 79.6 Å². The van der Waals surface area contributed by atoms with E-state index in [9.17, 15) is 0 Å². The van der Waals surface area contributed by atoms with Gasteiger partial charge in [-0.1, -0.05) is 43.9 Å². The van der Waals surface area contributed by atoms with Crippen molar-refractivity contribution in [2.24, 2.45) is 17.8 Å². The van der Waals surface area contributed by atoms with Gasteiger partial charge < -0.3 is 4.74 Å². The maximum Gasteiger partial charge on any atom is 0.120 e. The van der Waals surface area contributed by atoms with Crippen LogP contribution in [0, 0.1) is 17.8 Å². The van der Waals surface area contributed by atoms with Crippen LogP contribution < -0.4 is 0 Å². The van der Waals surface area contributed by atoms with Crippen LogP contribution in [-0.2, 0) is 4.74 Å². The number of unbranched alkanes of at least 4 members (excludes halogenated alkanes) is 2. The van der Waals surface area contributed by atoms with Gasteiger partial charge in [0.05, 0.1) is 0 Å². The van der Waals surface area contributed by atoms with E-state index < -0.39 is 0 Å². The van der Waals surface area contributed by atoms with Crippen LogP contribution in [0.3, 0.4) is 0 Å². The number of hydrogen-bond donors (Lipinski definition) is 0. The van der Waals surface area contributed by atoms with Crippen molar-refractivity contribution >= 4 is 0 Å². The second-order valence-electron chi connectivity index (χ2n) is 8.57. The zero-order valence-electron chi connectivity index (χ0n) is 15.7. The average Bonchev–Trinajstić information content (AvgIpc) is 2.46. The molecule has 0 amide bonds. The monoisotopic (exact) mass is 314 g/mol. The summed E-state index contributed by atoms with van der Waals surface area (Å²) in [4.78, 5) is 0. The van der Waals surface area contributed by atoms with E-state index in [-0.39, 0.29) is 5.60 Å². The number of ether oxygens (including phenoxy) is 1. The lowest BCUT2D eigenvalue weighted by Crippen LogP contribution is -2.45. The fourth-order valence-electron chi connectivity index (χ4n) is 4.95. The first-order valence-corrected chi connectivity index (χ1v) is 9.72. The third-order valence-corrected chi connectivity index (χ3v) is 6.19. The molecule has 1 heteroatoms. The highest BCUT2D eigenvalue weighted by molar-refractivity contribution is 5.39. The van der Waals surface area contributed by atoms with E-state index in [0.717, 1.165) is 0 Å². The van der Waals surface area contributed by atoms with E-state index in [0.29, 0.717) is 17.8 Å². The Hall–Kier alpha value is -0.980. The van der Waals surface area contributed by atoms with Crippen LogP contribution in [0.5, 0.6) is 0 Å². The molecule has 3 rings (SSSR count). The summed E-state index contributed by atoms with van der Waals surface area (Å²) in [7, 11) is 0. The summed E-state index contributed by atoms with van der Waals surface area (Å²) in [5.41, 5.74) is 4.73. The third kappa shape index (κ3) is 3.30. The molecule has 1 heterocycles. The Kier molecular flexibility index (Phi) is 4.76. The Bertz CT molecular complexity index is 546. The summed E-state index contributed by atoms with van der Waals surface area (Å²) >= 11 is 0. The van der Waals surface area contributed by atoms with E-state index in [4.69, 9.17) is 4.74 Å². The van der Waals surface area contributed by atoms with Gasteiger partial charge in [-0.3, -0.25) is 0 Å². The maximum absolute atomic E-state index is 6.56. The summed E-state index contributed by atoms with van der Waals surface area (Å²) in [6.07, 6.45) is 13.9. The van der Waals surface area contributed by atoms with Crippen molar-refractivity contribution in [3.8, 4) is 0 Å². The molecule has 0 aromatic rings. The van der Waals surface area contributed by atoms with Crippen LogP contribution in [-0.4, -0.2) is 5.60 Å². The first-order chi connectivity index (χ1) is 10.9. The summed E-state index contributed by atoms with van der Waals surface area (Å²) in [6, 6.07) is 0. The minimum atomic E-state index is -0.0389. The molecule has 0 N–H and O–H groups in total.